The Labute approximate surface area is 130 Å². The lowest BCUT2D eigenvalue weighted by Gasteiger charge is -2.00. The van der Waals surface area contributed by atoms with Crippen LogP contribution in [0.15, 0.2) is 24.5 Å². The van der Waals surface area contributed by atoms with Crippen molar-refractivity contribution in [3.8, 4) is 0 Å². The highest BCUT2D eigenvalue weighted by Gasteiger charge is 2.01. The summed E-state index contributed by atoms with van der Waals surface area (Å²) in [4.78, 5) is 8.89. The van der Waals surface area contributed by atoms with E-state index in [0.717, 1.165) is 13.3 Å². The summed E-state index contributed by atoms with van der Waals surface area (Å²) in [5.74, 6) is -1.08. The van der Waals surface area contributed by atoms with E-state index < -0.39 is 5.97 Å². The number of unbranched alkanes of at least 4 members (excludes halogenated alkanes) is 6. The van der Waals surface area contributed by atoms with Gasteiger partial charge in [-0.3, -0.25) is 0 Å². The molecule has 0 atom stereocenters. The van der Waals surface area contributed by atoms with Crippen molar-refractivity contribution in [1.82, 2.24) is 0 Å². The Morgan fingerprint density at radius 3 is 2.24 bits per heavy atom. The molecular weight excluding hydrogens is 262 g/mol. The van der Waals surface area contributed by atoms with Crippen LogP contribution in [0.3, 0.4) is 0 Å². The summed E-state index contributed by atoms with van der Waals surface area (Å²) >= 11 is 0. The Hall–Kier alpha value is -1.38. The van der Waals surface area contributed by atoms with Gasteiger partial charge in [0, 0.05) is 24.0 Å². The van der Waals surface area contributed by atoms with Gasteiger partial charge in [0.15, 0.2) is 12.4 Å². The predicted molar refractivity (Wildman–Crippen MR) is 84.7 cm³/mol. The lowest BCUT2D eigenvalue weighted by Crippen LogP contribution is -2.33. The summed E-state index contributed by atoms with van der Waals surface area (Å²) in [6.07, 6.45) is 15.3. The molecule has 0 bridgehead atoms. The van der Waals surface area contributed by atoms with Crippen molar-refractivity contribution >= 4 is 5.97 Å². The predicted octanol–water partition coefficient (Wildman–Crippen LogP) is 3.04. The van der Waals surface area contributed by atoms with E-state index in [2.05, 4.69) is 42.9 Å². The second-order valence-corrected chi connectivity index (χ2v) is 5.42. The highest BCUT2D eigenvalue weighted by atomic mass is 16.4. The molecule has 0 aliphatic rings. The smallest absolute Gasteiger partial charge is 0.171 e. The standard InChI is InChI=1S/C16H28N.C2H4O2/c1-3-5-6-7-8-9-10-13-17-14-11-12-16(4-2)15-17;1-2(3)4/h11-12,14-15H,3-10,13H2,1-2H3;1H3,(H,3,4)/q+1;/p-1. The van der Waals surface area contributed by atoms with Gasteiger partial charge in [0.25, 0.3) is 0 Å². The molecule has 0 aromatic carbocycles. The average molecular weight is 293 g/mol. The average Bonchev–Trinajstić information content (AvgIpc) is 2.46. The van der Waals surface area contributed by atoms with E-state index in [0.29, 0.717) is 0 Å². The van der Waals surface area contributed by atoms with Crippen molar-refractivity contribution in [3.05, 3.63) is 30.1 Å². The molecule has 0 radical (unpaired) electrons. The number of aryl methyl sites for hydroxylation is 2. The number of rotatable bonds is 9. The van der Waals surface area contributed by atoms with Crippen molar-refractivity contribution in [1.29, 1.82) is 0 Å². The third kappa shape index (κ3) is 13.4. The molecule has 1 aromatic rings. The van der Waals surface area contributed by atoms with E-state index in [1.54, 1.807) is 0 Å². The van der Waals surface area contributed by atoms with Crippen LogP contribution >= 0.6 is 0 Å². The number of carboxylic acids is 1. The lowest BCUT2D eigenvalue weighted by atomic mass is 10.1. The first-order valence-electron chi connectivity index (χ1n) is 8.25. The molecule has 0 spiro atoms. The molecule has 0 saturated carbocycles. The van der Waals surface area contributed by atoms with Crippen LogP contribution in [0.1, 0.15) is 71.3 Å². The minimum absolute atomic E-state index is 0.972. The van der Waals surface area contributed by atoms with Gasteiger partial charge in [0.1, 0.15) is 6.54 Å². The minimum atomic E-state index is -1.08. The van der Waals surface area contributed by atoms with Crippen LogP contribution in [0.4, 0.5) is 0 Å². The number of carbonyl (C=O) groups is 1. The molecule has 1 aromatic heterocycles. The van der Waals surface area contributed by atoms with Crippen LogP contribution < -0.4 is 9.67 Å². The second kappa shape index (κ2) is 13.6. The first kappa shape index (κ1) is 19.6. The van der Waals surface area contributed by atoms with Gasteiger partial charge in [0.05, 0.1) is 0 Å². The molecule has 0 fully saturated rings. The second-order valence-electron chi connectivity index (χ2n) is 5.42. The van der Waals surface area contributed by atoms with Gasteiger partial charge in [-0.25, -0.2) is 4.57 Å². The van der Waals surface area contributed by atoms with Crippen molar-refractivity contribution in [2.75, 3.05) is 0 Å². The molecule has 0 aliphatic carbocycles. The number of hydrogen-bond acceptors (Lipinski definition) is 2. The Kier molecular flexibility index (Phi) is 12.7. The SMILES string of the molecule is CC(=O)[O-].CCCCCCCCC[n+]1cccc(CC)c1. The number of hydrogen-bond donors (Lipinski definition) is 0. The van der Waals surface area contributed by atoms with E-state index >= 15 is 0 Å². The van der Waals surface area contributed by atoms with Crippen LogP contribution in [-0.4, -0.2) is 5.97 Å². The summed E-state index contributed by atoms with van der Waals surface area (Å²) in [5, 5.41) is 8.89. The molecule has 0 saturated heterocycles. The fraction of sp³-hybridized carbons (Fsp3) is 0.667. The fourth-order valence-corrected chi connectivity index (χ4v) is 2.18. The fourth-order valence-electron chi connectivity index (χ4n) is 2.18. The maximum Gasteiger partial charge on any atom is 0.171 e. The first-order valence-corrected chi connectivity index (χ1v) is 8.25. The monoisotopic (exact) mass is 293 g/mol. The Morgan fingerprint density at radius 1 is 1.10 bits per heavy atom. The molecular formula is C18H31NO2. The minimum Gasteiger partial charge on any atom is -0.550 e. The molecule has 0 aliphatic heterocycles. The maximum absolute atomic E-state index is 8.89. The molecule has 3 heteroatoms. The van der Waals surface area contributed by atoms with Crippen molar-refractivity contribution in [2.24, 2.45) is 0 Å². The van der Waals surface area contributed by atoms with Crippen molar-refractivity contribution < 1.29 is 14.5 Å². The number of nitrogens with zero attached hydrogens (tertiary/aromatic N) is 1. The Morgan fingerprint density at radius 2 is 1.67 bits per heavy atom. The summed E-state index contributed by atoms with van der Waals surface area (Å²) in [6, 6.07) is 4.38. The third-order valence-corrected chi connectivity index (χ3v) is 3.35. The molecule has 3 nitrogen and oxygen atoms in total. The number of aliphatic carboxylic acids is 1. The molecule has 120 valence electrons. The summed E-state index contributed by atoms with van der Waals surface area (Å²) in [5.41, 5.74) is 1.44. The first-order chi connectivity index (χ1) is 10.1. The molecule has 0 amide bonds. The molecule has 0 N–H and O–H groups in total. The zero-order valence-electron chi connectivity index (χ0n) is 13.9. The summed E-state index contributed by atoms with van der Waals surface area (Å²) in [6.45, 7) is 6.65. The largest absolute Gasteiger partial charge is 0.550 e. The van der Waals surface area contributed by atoms with Gasteiger partial charge < -0.3 is 9.90 Å². The van der Waals surface area contributed by atoms with Crippen LogP contribution in [-0.2, 0) is 17.8 Å². The van der Waals surface area contributed by atoms with Gasteiger partial charge >= 0.3 is 0 Å². The molecule has 21 heavy (non-hydrogen) atoms. The van der Waals surface area contributed by atoms with Crippen molar-refractivity contribution in [2.45, 2.75) is 78.7 Å². The zero-order chi connectivity index (χ0) is 15.9. The van der Waals surface area contributed by atoms with Gasteiger partial charge in [-0.2, -0.15) is 0 Å². The van der Waals surface area contributed by atoms with Crippen LogP contribution in [0.2, 0.25) is 0 Å². The summed E-state index contributed by atoms with van der Waals surface area (Å²) < 4.78 is 2.34. The Balaban J connectivity index is 0.000000885. The van der Waals surface area contributed by atoms with Crippen molar-refractivity contribution in [3.63, 3.8) is 0 Å². The van der Waals surface area contributed by atoms with E-state index in [1.165, 1.54) is 57.1 Å². The quantitative estimate of drug-likeness (QED) is 0.519. The molecule has 1 heterocycles. The number of pyridine rings is 1. The topological polar surface area (TPSA) is 44.0 Å². The number of aromatic nitrogens is 1. The van der Waals surface area contributed by atoms with Crippen LogP contribution in [0.25, 0.3) is 0 Å². The summed E-state index contributed by atoms with van der Waals surface area (Å²) in [7, 11) is 0. The van der Waals surface area contributed by atoms with Gasteiger partial charge in [-0.05, 0) is 25.8 Å². The van der Waals surface area contributed by atoms with Gasteiger partial charge in [0.2, 0.25) is 0 Å². The maximum atomic E-state index is 8.89. The highest BCUT2D eigenvalue weighted by Crippen LogP contribution is 2.06. The Bertz CT molecular complexity index is 373. The van der Waals surface area contributed by atoms with E-state index in [4.69, 9.17) is 9.90 Å². The third-order valence-electron chi connectivity index (χ3n) is 3.35. The molecule has 1 rings (SSSR count). The van der Waals surface area contributed by atoms with Gasteiger partial charge in [-0.15, -0.1) is 0 Å². The van der Waals surface area contributed by atoms with Gasteiger partial charge in [-0.1, -0.05) is 46.0 Å². The van der Waals surface area contributed by atoms with E-state index in [1.807, 2.05) is 0 Å². The normalized spacial score (nSPS) is 9.86. The zero-order valence-corrected chi connectivity index (χ0v) is 13.9. The van der Waals surface area contributed by atoms with Crippen LogP contribution in [0.5, 0.6) is 0 Å². The number of carbonyl (C=O) groups excluding carboxylic acids is 1. The molecule has 0 unspecified atom stereocenters. The number of carboxylic acid groups (broad SMARTS) is 1. The lowest BCUT2D eigenvalue weighted by molar-refractivity contribution is -0.697. The van der Waals surface area contributed by atoms with Crippen LogP contribution in [0, 0.1) is 0 Å². The van der Waals surface area contributed by atoms with E-state index in [9.17, 15) is 0 Å². The highest BCUT2D eigenvalue weighted by molar-refractivity contribution is 5.60. The van der Waals surface area contributed by atoms with E-state index in [-0.39, 0.29) is 0 Å².